The molecule has 3 fully saturated rings. The van der Waals surface area contributed by atoms with Gasteiger partial charge in [0.2, 0.25) is 0 Å². The van der Waals surface area contributed by atoms with Crippen molar-refractivity contribution in [2.24, 2.45) is 5.92 Å². The lowest BCUT2D eigenvalue weighted by molar-refractivity contribution is -0.0326. The molecule has 0 bridgehead atoms. The van der Waals surface area contributed by atoms with E-state index in [0.29, 0.717) is 37.5 Å². The number of sulfone groups is 1. The van der Waals surface area contributed by atoms with Gasteiger partial charge in [0.25, 0.3) is 0 Å². The fraction of sp³-hybridized carbons (Fsp3) is 0.571. The van der Waals surface area contributed by atoms with Gasteiger partial charge in [-0.25, -0.2) is 18.4 Å². The van der Waals surface area contributed by atoms with E-state index in [0.717, 1.165) is 60.1 Å². The number of benzene rings is 1. The molecule has 2 N–H and O–H groups in total. The molecule has 1 atom stereocenters. The van der Waals surface area contributed by atoms with Gasteiger partial charge in [0.05, 0.1) is 28.6 Å². The van der Waals surface area contributed by atoms with Gasteiger partial charge < -0.3 is 24.7 Å². The van der Waals surface area contributed by atoms with Crippen LogP contribution in [0.1, 0.15) is 45.6 Å². The van der Waals surface area contributed by atoms with Crippen molar-refractivity contribution in [1.82, 2.24) is 19.4 Å². The second-order valence-corrected chi connectivity index (χ2v) is 14.0. The largest absolute Gasteiger partial charge is 0.491 e. The third-order valence-corrected chi connectivity index (χ3v) is 9.94. The number of nitrogens with zero attached hydrogens (tertiary/aromatic N) is 4. The van der Waals surface area contributed by atoms with Crippen LogP contribution in [0.15, 0.2) is 36.8 Å². The normalized spacial score (nSPS) is 26.8. The minimum absolute atomic E-state index is 0.0792. The average molecular weight is 540 g/mol. The quantitative estimate of drug-likeness (QED) is 0.484. The van der Waals surface area contributed by atoms with E-state index in [1.807, 2.05) is 12.1 Å². The van der Waals surface area contributed by atoms with E-state index >= 15 is 0 Å². The Kier molecular flexibility index (Phi) is 6.60. The van der Waals surface area contributed by atoms with Crippen LogP contribution in [0.2, 0.25) is 0 Å². The van der Waals surface area contributed by atoms with Crippen molar-refractivity contribution < 1.29 is 17.9 Å². The summed E-state index contributed by atoms with van der Waals surface area (Å²) < 4.78 is 38.0. The van der Waals surface area contributed by atoms with Gasteiger partial charge in [-0.05, 0) is 63.1 Å². The number of nitrogen functional groups attached to an aromatic ring is 1. The molecule has 3 aromatic rings. The first-order valence-corrected chi connectivity index (χ1v) is 15.4. The van der Waals surface area contributed by atoms with Crippen LogP contribution in [-0.2, 0) is 14.6 Å². The lowest BCUT2D eigenvalue weighted by Gasteiger charge is -2.40. The highest BCUT2D eigenvalue weighted by atomic mass is 32.2. The Balaban J connectivity index is 1.17. The van der Waals surface area contributed by atoms with Gasteiger partial charge >= 0.3 is 0 Å². The first-order chi connectivity index (χ1) is 18.2. The van der Waals surface area contributed by atoms with Crippen LogP contribution < -0.4 is 10.5 Å². The van der Waals surface area contributed by atoms with Crippen LogP contribution in [-0.4, -0.2) is 77.3 Å². The Hall–Kier alpha value is -2.69. The average Bonchev–Trinajstić information content (AvgIpc) is 3.41. The molecule has 1 aromatic carbocycles. The monoisotopic (exact) mass is 539 g/mol. The smallest absolute Gasteiger partial charge is 0.152 e. The summed E-state index contributed by atoms with van der Waals surface area (Å²) in [4.78, 5) is 11.2. The summed E-state index contributed by atoms with van der Waals surface area (Å²) in [5.41, 5.74) is 9.18. The highest BCUT2D eigenvalue weighted by molar-refractivity contribution is 7.91. The summed E-state index contributed by atoms with van der Waals surface area (Å²) in [6.07, 6.45) is 7.93. The number of aromatic nitrogens is 3. The minimum Gasteiger partial charge on any atom is -0.491 e. The number of rotatable bonds is 7. The van der Waals surface area contributed by atoms with Crippen molar-refractivity contribution in [3.63, 3.8) is 0 Å². The van der Waals surface area contributed by atoms with Crippen molar-refractivity contribution in [2.45, 2.75) is 57.3 Å². The summed E-state index contributed by atoms with van der Waals surface area (Å²) in [7, 11) is -2.85. The lowest BCUT2D eigenvalue weighted by Crippen LogP contribution is -2.44. The standard InChI is InChI=1S/C28H37N5O4S/c1-28(2)7-6-23(37-28)17-36-22-5-3-4-20(14-22)24-16-33(27-25(24)26(29)30-18-31-27)21-12-19(13-21)15-32-8-10-38(34,35)11-9-32/h3-5,14,16,18-19,21,23H,6-13,15,17H2,1-2H3,(H2,29,30,31)/t19-,21+,23-/m1/s1. The fourth-order valence-electron chi connectivity index (χ4n) is 6.12. The zero-order valence-corrected chi connectivity index (χ0v) is 23.0. The number of hydrogen-bond donors (Lipinski definition) is 1. The molecule has 204 valence electrons. The van der Waals surface area contributed by atoms with Gasteiger partial charge in [0, 0.05) is 37.4 Å². The summed E-state index contributed by atoms with van der Waals surface area (Å²) in [6.45, 7) is 7.03. The van der Waals surface area contributed by atoms with Crippen molar-refractivity contribution in [2.75, 3.05) is 43.5 Å². The fourth-order valence-corrected chi connectivity index (χ4v) is 7.39. The second kappa shape index (κ2) is 9.81. The number of nitrogens with two attached hydrogens (primary N) is 1. The summed E-state index contributed by atoms with van der Waals surface area (Å²) >= 11 is 0. The summed E-state index contributed by atoms with van der Waals surface area (Å²) in [5, 5.41) is 0.871. The first kappa shape index (κ1) is 25.6. The van der Waals surface area contributed by atoms with Crippen molar-refractivity contribution in [3.05, 3.63) is 36.8 Å². The van der Waals surface area contributed by atoms with Crippen LogP contribution >= 0.6 is 0 Å². The molecule has 1 saturated carbocycles. The van der Waals surface area contributed by atoms with Gasteiger partial charge in [-0.15, -0.1) is 0 Å². The molecule has 3 aliphatic rings. The van der Waals surface area contributed by atoms with E-state index < -0.39 is 9.84 Å². The molecular weight excluding hydrogens is 502 g/mol. The molecular formula is C28H37N5O4S. The molecule has 1 aliphatic carbocycles. The Morgan fingerprint density at radius 1 is 1.18 bits per heavy atom. The van der Waals surface area contributed by atoms with Gasteiger partial charge in [-0.3, -0.25) is 0 Å². The van der Waals surface area contributed by atoms with Crippen LogP contribution in [0.3, 0.4) is 0 Å². The van der Waals surface area contributed by atoms with Gasteiger partial charge in [-0.2, -0.15) is 0 Å². The number of ether oxygens (including phenoxy) is 2. The highest BCUT2D eigenvalue weighted by Gasteiger charge is 2.35. The molecule has 2 saturated heterocycles. The molecule has 9 nitrogen and oxygen atoms in total. The molecule has 10 heteroatoms. The van der Waals surface area contributed by atoms with Crippen LogP contribution in [0.5, 0.6) is 5.75 Å². The van der Waals surface area contributed by atoms with Crippen molar-refractivity contribution in [1.29, 1.82) is 0 Å². The van der Waals surface area contributed by atoms with E-state index in [-0.39, 0.29) is 23.2 Å². The third-order valence-electron chi connectivity index (χ3n) is 8.33. The van der Waals surface area contributed by atoms with Crippen molar-refractivity contribution in [3.8, 4) is 16.9 Å². The van der Waals surface area contributed by atoms with Crippen LogP contribution in [0.4, 0.5) is 5.82 Å². The molecule has 0 spiro atoms. The molecule has 0 radical (unpaired) electrons. The maximum Gasteiger partial charge on any atom is 0.152 e. The zero-order chi connectivity index (χ0) is 26.5. The van der Waals surface area contributed by atoms with E-state index in [4.69, 9.17) is 15.2 Å². The van der Waals surface area contributed by atoms with Gasteiger partial charge in [-0.1, -0.05) is 12.1 Å². The first-order valence-electron chi connectivity index (χ1n) is 13.6. The molecule has 38 heavy (non-hydrogen) atoms. The minimum atomic E-state index is -2.85. The summed E-state index contributed by atoms with van der Waals surface area (Å²) in [5.74, 6) is 2.39. The van der Waals surface area contributed by atoms with E-state index in [1.54, 1.807) is 0 Å². The topological polar surface area (TPSA) is 113 Å². The third kappa shape index (κ3) is 5.26. The number of anilines is 1. The van der Waals surface area contributed by atoms with E-state index in [2.05, 4.69) is 51.6 Å². The zero-order valence-electron chi connectivity index (χ0n) is 22.2. The Labute approximate surface area is 224 Å². The lowest BCUT2D eigenvalue weighted by atomic mass is 9.79. The SMILES string of the molecule is CC1(C)CC[C@H](COc2cccc(-c3cn([C@H]4C[C@@H](CN5CCS(=O)(=O)CC5)C4)c4ncnc(N)c34)c2)O1. The summed E-state index contributed by atoms with van der Waals surface area (Å²) in [6, 6.07) is 8.44. The van der Waals surface area contributed by atoms with Gasteiger partial charge in [0.15, 0.2) is 9.84 Å². The predicted molar refractivity (Wildman–Crippen MR) is 148 cm³/mol. The van der Waals surface area contributed by atoms with Crippen molar-refractivity contribution >= 4 is 26.7 Å². The second-order valence-electron chi connectivity index (χ2n) is 11.7. The predicted octanol–water partition coefficient (Wildman–Crippen LogP) is 3.70. The molecule has 2 aliphatic heterocycles. The molecule has 2 aromatic heterocycles. The van der Waals surface area contributed by atoms with Crippen LogP contribution in [0, 0.1) is 5.92 Å². The molecule has 4 heterocycles. The number of hydrogen-bond acceptors (Lipinski definition) is 8. The van der Waals surface area contributed by atoms with E-state index in [9.17, 15) is 8.42 Å². The molecule has 6 rings (SSSR count). The maximum atomic E-state index is 11.7. The van der Waals surface area contributed by atoms with Gasteiger partial charge in [0.1, 0.15) is 30.1 Å². The Bertz CT molecular complexity index is 1420. The molecule has 0 amide bonds. The Morgan fingerprint density at radius 2 is 1.97 bits per heavy atom. The number of fused-ring (bicyclic) bond motifs is 1. The Morgan fingerprint density at radius 3 is 2.71 bits per heavy atom. The molecule has 0 unspecified atom stereocenters. The van der Waals surface area contributed by atoms with E-state index in [1.165, 1.54) is 6.33 Å². The van der Waals surface area contributed by atoms with Crippen LogP contribution in [0.25, 0.3) is 22.2 Å². The maximum absolute atomic E-state index is 11.7. The highest BCUT2D eigenvalue weighted by Crippen LogP contribution is 2.43.